The first kappa shape index (κ1) is 14.5. The third-order valence-corrected chi connectivity index (χ3v) is 4.75. The van der Waals surface area contributed by atoms with Gasteiger partial charge in [0.15, 0.2) is 0 Å². The third-order valence-electron chi connectivity index (χ3n) is 4.75. The number of amides is 1. The standard InChI is InChI=1S/C17H23FN2O/c1-3-11(2)15-17(21)20(10-12-4-5-12)16(19-15)13-6-8-14(18)9-7-13/h6-9,11-12,15-16,19H,3-5,10H2,1-2H3. The van der Waals surface area contributed by atoms with E-state index in [0.29, 0.717) is 11.8 Å². The summed E-state index contributed by atoms with van der Waals surface area (Å²) in [4.78, 5) is 14.7. The monoisotopic (exact) mass is 290 g/mol. The maximum absolute atomic E-state index is 13.1. The number of rotatable bonds is 5. The fourth-order valence-corrected chi connectivity index (χ4v) is 2.98. The number of nitrogens with one attached hydrogen (secondary N) is 1. The zero-order chi connectivity index (χ0) is 15.0. The number of carbonyl (C=O) groups excluding carboxylic acids is 1. The van der Waals surface area contributed by atoms with Crippen LogP contribution >= 0.6 is 0 Å². The van der Waals surface area contributed by atoms with E-state index in [9.17, 15) is 9.18 Å². The van der Waals surface area contributed by atoms with Gasteiger partial charge in [0, 0.05) is 6.54 Å². The van der Waals surface area contributed by atoms with Crippen molar-refractivity contribution >= 4 is 5.91 Å². The van der Waals surface area contributed by atoms with Crippen LogP contribution in [0.2, 0.25) is 0 Å². The first-order valence-electron chi connectivity index (χ1n) is 7.92. The Hall–Kier alpha value is -1.42. The van der Waals surface area contributed by atoms with Crippen molar-refractivity contribution in [3.63, 3.8) is 0 Å². The van der Waals surface area contributed by atoms with Crippen molar-refractivity contribution in [2.24, 2.45) is 11.8 Å². The van der Waals surface area contributed by atoms with E-state index in [0.717, 1.165) is 18.5 Å². The van der Waals surface area contributed by atoms with Crippen LogP contribution < -0.4 is 5.32 Å². The largest absolute Gasteiger partial charge is 0.321 e. The number of halogens is 1. The Morgan fingerprint density at radius 1 is 1.33 bits per heavy atom. The molecule has 1 saturated heterocycles. The zero-order valence-electron chi connectivity index (χ0n) is 12.7. The Bertz CT molecular complexity index is 512. The molecule has 2 fully saturated rings. The maximum Gasteiger partial charge on any atom is 0.241 e. The lowest BCUT2D eigenvalue weighted by atomic mass is 9.99. The topological polar surface area (TPSA) is 32.3 Å². The second kappa shape index (κ2) is 5.76. The molecule has 1 saturated carbocycles. The van der Waals surface area contributed by atoms with Crippen LogP contribution in [0.15, 0.2) is 24.3 Å². The number of carbonyl (C=O) groups is 1. The molecule has 0 aromatic heterocycles. The van der Waals surface area contributed by atoms with Crippen molar-refractivity contribution in [2.45, 2.75) is 45.3 Å². The molecule has 1 amide bonds. The van der Waals surface area contributed by atoms with Gasteiger partial charge in [-0.3, -0.25) is 10.1 Å². The minimum atomic E-state index is -0.240. The van der Waals surface area contributed by atoms with Crippen LogP contribution in [0, 0.1) is 17.7 Å². The third kappa shape index (κ3) is 2.95. The van der Waals surface area contributed by atoms with Crippen LogP contribution in [0.1, 0.15) is 44.8 Å². The van der Waals surface area contributed by atoms with Gasteiger partial charge < -0.3 is 4.90 Å². The molecule has 1 N–H and O–H groups in total. The van der Waals surface area contributed by atoms with Crippen molar-refractivity contribution < 1.29 is 9.18 Å². The number of hydrogen-bond acceptors (Lipinski definition) is 2. The molecular weight excluding hydrogens is 267 g/mol. The van der Waals surface area contributed by atoms with Gasteiger partial charge in [-0.05, 0) is 42.4 Å². The zero-order valence-corrected chi connectivity index (χ0v) is 12.7. The highest BCUT2D eigenvalue weighted by Gasteiger charge is 2.43. The highest BCUT2D eigenvalue weighted by atomic mass is 19.1. The molecule has 1 heterocycles. The van der Waals surface area contributed by atoms with Crippen molar-refractivity contribution in [3.8, 4) is 0 Å². The van der Waals surface area contributed by atoms with E-state index in [2.05, 4.69) is 19.2 Å². The highest BCUT2D eigenvalue weighted by Crippen LogP contribution is 2.36. The van der Waals surface area contributed by atoms with Crippen molar-refractivity contribution in [3.05, 3.63) is 35.6 Å². The van der Waals surface area contributed by atoms with E-state index >= 15 is 0 Å². The number of nitrogens with zero attached hydrogens (tertiary/aromatic N) is 1. The summed E-state index contributed by atoms with van der Waals surface area (Å²) >= 11 is 0. The summed E-state index contributed by atoms with van der Waals surface area (Å²) in [6, 6.07) is 6.36. The van der Waals surface area contributed by atoms with E-state index in [1.165, 1.54) is 25.0 Å². The quantitative estimate of drug-likeness (QED) is 0.904. The Morgan fingerprint density at radius 3 is 2.57 bits per heavy atom. The average Bonchev–Trinajstić information content (AvgIpc) is 3.25. The van der Waals surface area contributed by atoms with Crippen molar-refractivity contribution in [1.82, 2.24) is 10.2 Å². The summed E-state index contributed by atoms with van der Waals surface area (Å²) in [5.74, 6) is 0.917. The lowest BCUT2D eigenvalue weighted by molar-refractivity contribution is -0.131. The number of hydrogen-bond donors (Lipinski definition) is 1. The van der Waals surface area contributed by atoms with Gasteiger partial charge >= 0.3 is 0 Å². The molecule has 3 rings (SSSR count). The summed E-state index contributed by atoms with van der Waals surface area (Å²) in [7, 11) is 0. The van der Waals surface area contributed by atoms with E-state index in [-0.39, 0.29) is 23.9 Å². The van der Waals surface area contributed by atoms with Gasteiger partial charge in [0.05, 0.1) is 6.04 Å². The fraction of sp³-hybridized carbons (Fsp3) is 0.588. The summed E-state index contributed by atoms with van der Waals surface area (Å²) in [6.45, 7) is 5.04. The summed E-state index contributed by atoms with van der Waals surface area (Å²) in [5, 5.41) is 3.46. The van der Waals surface area contributed by atoms with Crippen molar-refractivity contribution in [1.29, 1.82) is 0 Å². The average molecular weight is 290 g/mol. The van der Waals surface area contributed by atoms with Crippen molar-refractivity contribution in [2.75, 3.05) is 6.54 Å². The number of benzene rings is 1. The van der Waals surface area contributed by atoms with E-state index in [1.54, 1.807) is 12.1 Å². The molecular formula is C17H23FN2O. The minimum Gasteiger partial charge on any atom is -0.321 e. The molecule has 1 aliphatic heterocycles. The molecule has 2 aliphatic rings. The van der Waals surface area contributed by atoms with E-state index in [4.69, 9.17) is 0 Å². The van der Waals surface area contributed by atoms with Crippen LogP contribution in [0.25, 0.3) is 0 Å². The molecule has 0 radical (unpaired) electrons. The van der Waals surface area contributed by atoms with Crippen LogP contribution in [-0.4, -0.2) is 23.4 Å². The van der Waals surface area contributed by atoms with Crippen LogP contribution in [0.4, 0.5) is 4.39 Å². The molecule has 3 nitrogen and oxygen atoms in total. The molecule has 21 heavy (non-hydrogen) atoms. The molecule has 114 valence electrons. The Labute approximate surface area is 125 Å². The van der Waals surface area contributed by atoms with Crippen LogP contribution in [0.3, 0.4) is 0 Å². The fourth-order valence-electron chi connectivity index (χ4n) is 2.98. The Balaban J connectivity index is 1.84. The van der Waals surface area contributed by atoms with Gasteiger partial charge in [-0.2, -0.15) is 0 Å². The van der Waals surface area contributed by atoms with E-state index in [1.807, 2.05) is 4.90 Å². The second-order valence-corrected chi connectivity index (χ2v) is 6.42. The van der Waals surface area contributed by atoms with Gasteiger partial charge in [-0.15, -0.1) is 0 Å². The van der Waals surface area contributed by atoms with Gasteiger partial charge in [-0.1, -0.05) is 32.4 Å². The van der Waals surface area contributed by atoms with E-state index < -0.39 is 0 Å². The van der Waals surface area contributed by atoms with Gasteiger partial charge in [0.2, 0.25) is 5.91 Å². The molecule has 0 bridgehead atoms. The molecule has 1 aromatic rings. The lowest BCUT2D eigenvalue weighted by Crippen LogP contribution is -2.36. The molecule has 4 heteroatoms. The second-order valence-electron chi connectivity index (χ2n) is 6.42. The lowest BCUT2D eigenvalue weighted by Gasteiger charge is -2.24. The molecule has 1 aliphatic carbocycles. The SMILES string of the molecule is CCC(C)C1NC(c2ccc(F)cc2)N(CC2CC2)C1=O. The maximum atomic E-state index is 13.1. The molecule has 1 aromatic carbocycles. The smallest absolute Gasteiger partial charge is 0.241 e. The molecule has 3 unspecified atom stereocenters. The van der Waals surface area contributed by atoms with Gasteiger partial charge in [0.25, 0.3) is 0 Å². The first-order valence-corrected chi connectivity index (χ1v) is 7.92. The Morgan fingerprint density at radius 2 is 2.00 bits per heavy atom. The summed E-state index contributed by atoms with van der Waals surface area (Å²) in [5.41, 5.74) is 0.969. The van der Waals surface area contributed by atoms with Crippen LogP contribution in [-0.2, 0) is 4.79 Å². The normalized spacial score (nSPS) is 27.2. The van der Waals surface area contributed by atoms with Gasteiger partial charge in [0.1, 0.15) is 12.0 Å². The van der Waals surface area contributed by atoms with Crippen LogP contribution in [0.5, 0.6) is 0 Å². The predicted octanol–water partition coefficient (Wildman–Crippen LogP) is 3.08. The predicted molar refractivity (Wildman–Crippen MR) is 80.0 cm³/mol. The van der Waals surface area contributed by atoms with Gasteiger partial charge in [-0.25, -0.2) is 4.39 Å². The first-order chi connectivity index (χ1) is 10.1. The molecule has 0 spiro atoms. The summed E-state index contributed by atoms with van der Waals surface area (Å²) < 4.78 is 13.1. The Kier molecular flexibility index (Phi) is 3.98. The minimum absolute atomic E-state index is 0.113. The summed E-state index contributed by atoms with van der Waals surface area (Å²) in [6.07, 6.45) is 3.29. The molecule has 3 atom stereocenters. The highest BCUT2D eigenvalue weighted by molar-refractivity contribution is 5.85.